The summed E-state index contributed by atoms with van der Waals surface area (Å²) in [6.45, 7) is 4.46. The van der Waals surface area contributed by atoms with Crippen LogP contribution in [0.15, 0.2) is 47.7 Å². The van der Waals surface area contributed by atoms with Crippen LogP contribution in [0.1, 0.15) is 54.3 Å². The van der Waals surface area contributed by atoms with E-state index in [1.54, 1.807) is 0 Å². The van der Waals surface area contributed by atoms with Crippen molar-refractivity contribution in [1.29, 1.82) is 0 Å². The number of nitrogens with one attached hydrogen (secondary N) is 2. The molecule has 2 N–H and O–H groups in total. The average molecular weight is 348 g/mol. The van der Waals surface area contributed by atoms with Crippen molar-refractivity contribution in [3.05, 3.63) is 70.0 Å². The minimum absolute atomic E-state index is 0.0589. The lowest BCUT2D eigenvalue weighted by Gasteiger charge is -2.37. The van der Waals surface area contributed by atoms with Crippen LogP contribution in [0.5, 0.6) is 0 Å². The van der Waals surface area contributed by atoms with Crippen molar-refractivity contribution in [2.45, 2.75) is 38.1 Å². The van der Waals surface area contributed by atoms with E-state index in [4.69, 9.17) is 0 Å². The van der Waals surface area contributed by atoms with Gasteiger partial charge in [0.1, 0.15) is 5.69 Å². The van der Waals surface area contributed by atoms with Gasteiger partial charge in [0.15, 0.2) is 0 Å². The van der Waals surface area contributed by atoms with Crippen LogP contribution in [0.25, 0.3) is 10.9 Å². The molecule has 3 aromatic rings. The molecule has 26 heavy (non-hydrogen) atoms. The molecule has 1 amide bonds. The molecule has 1 atom stereocenters. The van der Waals surface area contributed by atoms with Gasteiger partial charge in [0.05, 0.1) is 29.5 Å². The molecule has 6 nitrogen and oxygen atoms in total. The fourth-order valence-corrected chi connectivity index (χ4v) is 3.69. The Labute approximate surface area is 150 Å². The molecule has 4 rings (SSSR count). The Balaban J connectivity index is 1.65. The number of carbonyl (C=O) groups is 1. The van der Waals surface area contributed by atoms with Crippen molar-refractivity contribution in [2.24, 2.45) is 0 Å². The minimum atomic E-state index is -0.283. The van der Waals surface area contributed by atoms with Crippen LogP contribution in [0, 0.1) is 0 Å². The molecule has 0 aliphatic heterocycles. The highest BCUT2D eigenvalue weighted by atomic mass is 16.2. The van der Waals surface area contributed by atoms with Crippen molar-refractivity contribution in [1.82, 2.24) is 20.3 Å². The number of pyridine rings is 1. The van der Waals surface area contributed by atoms with E-state index in [2.05, 4.69) is 46.2 Å². The van der Waals surface area contributed by atoms with Crippen molar-refractivity contribution in [3.63, 3.8) is 0 Å². The Morgan fingerprint density at radius 3 is 2.92 bits per heavy atom. The lowest BCUT2D eigenvalue weighted by Crippen LogP contribution is -2.36. The van der Waals surface area contributed by atoms with Crippen LogP contribution >= 0.6 is 0 Å². The Morgan fingerprint density at radius 1 is 1.27 bits per heavy atom. The number of amides is 1. The van der Waals surface area contributed by atoms with Gasteiger partial charge in [-0.05, 0) is 35.4 Å². The number of hydrogen-bond donors (Lipinski definition) is 2. The van der Waals surface area contributed by atoms with E-state index < -0.39 is 0 Å². The van der Waals surface area contributed by atoms with Gasteiger partial charge in [0.2, 0.25) is 0 Å². The summed E-state index contributed by atoms with van der Waals surface area (Å²) in [5.41, 5.74) is 2.92. The smallest absolute Gasteiger partial charge is 0.270 e. The minimum Gasteiger partial charge on any atom is -0.344 e. The third kappa shape index (κ3) is 2.77. The molecule has 2 aromatic heterocycles. The SMILES string of the molecule is CC1(C)CC[C@H](NC(=O)c2cc3c(=O)[nH]cnc3cn2)c2ccccc21. The summed E-state index contributed by atoms with van der Waals surface area (Å²) < 4.78 is 0. The summed E-state index contributed by atoms with van der Waals surface area (Å²) in [7, 11) is 0. The number of carbonyl (C=O) groups excluding carboxylic acids is 1. The molecule has 1 aliphatic rings. The molecule has 132 valence electrons. The number of rotatable bonds is 2. The van der Waals surface area contributed by atoms with Crippen LogP contribution in [-0.2, 0) is 5.41 Å². The zero-order chi connectivity index (χ0) is 18.3. The molecule has 1 aliphatic carbocycles. The molecule has 6 heteroatoms. The standard InChI is InChI=1S/C20H20N4O2/c1-20(2)8-7-15(12-5-3-4-6-14(12)20)24-19(26)16-9-13-17(10-21-16)22-11-23-18(13)25/h3-6,9-11,15H,7-8H2,1-2H3,(H,24,26)(H,22,23,25)/t15-/m0/s1. The van der Waals surface area contributed by atoms with E-state index in [0.29, 0.717) is 10.9 Å². The highest BCUT2D eigenvalue weighted by Crippen LogP contribution is 2.41. The molecule has 0 spiro atoms. The predicted octanol–water partition coefficient (Wildman–Crippen LogP) is 2.86. The lowest BCUT2D eigenvalue weighted by molar-refractivity contribution is 0.0924. The van der Waals surface area contributed by atoms with Crippen LogP contribution in [0.4, 0.5) is 0 Å². The van der Waals surface area contributed by atoms with Crippen LogP contribution in [0.3, 0.4) is 0 Å². The summed E-state index contributed by atoms with van der Waals surface area (Å²) in [4.78, 5) is 35.4. The number of benzene rings is 1. The van der Waals surface area contributed by atoms with Crippen LogP contribution in [0.2, 0.25) is 0 Å². The quantitative estimate of drug-likeness (QED) is 0.745. The number of aromatic nitrogens is 3. The molecular weight excluding hydrogens is 328 g/mol. The lowest BCUT2D eigenvalue weighted by atomic mass is 9.71. The maximum absolute atomic E-state index is 12.7. The first-order valence-electron chi connectivity index (χ1n) is 8.69. The second-order valence-corrected chi connectivity index (χ2v) is 7.35. The van der Waals surface area contributed by atoms with Gasteiger partial charge < -0.3 is 10.3 Å². The van der Waals surface area contributed by atoms with Crippen molar-refractivity contribution < 1.29 is 4.79 Å². The number of H-pyrrole nitrogens is 1. The Kier molecular flexibility index (Phi) is 3.83. The van der Waals surface area contributed by atoms with Gasteiger partial charge in [-0.25, -0.2) is 9.97 Å². The van der Waals surface area contributed by atoms with Crippen LogP contribution in [-0.4, -0.2) is 20.9 Å². The van der Waals surface area contributed by atoms with Gasteiger partial charge in [0.25, 0.3) is 11.5 Å². The second kappa shape index (κ2) is 6.05. The topological polar surface area (TPSA) is 87.7 Å². The third-order valence-corrected chi connectivity index (χ3v) is 5.19. The van der Waals surface area contributed by atoms with Gasteiger partial charge in [-0.15, -0.1) is 0 Å². The van der Waals surface area contributed by atoms with Crippen LogP contribution < -0.4 is 10.9 Å². The van der Waals surface area contributed by atoms with Crippen molar-refractivity contribution >= 4 is 16.8 Å². The van der Waals surface area contributed by atoms with Gasteiger partial charge in [-0.2, -0.15) is 0 Å². The molecular formula is C20H20N4O2. The first kappa shape index (κ1) is 16.4. The fraction of sp³-hybridized carbons (Fsp3) is 0.300. The molecule has 1 aromatic carbocycles. The summed E-state index contributed by atoms with van der Waals surface area (Å²) in [6, 6.07) is 9.68. The highest BCUT2D eigenvalue weighted by molar-refractivity contribution is 5.95. The maximum Gasteiger partial charge on any atom is 0.270 e. The fourth-order valence-electron chi connectivity index (χ4n) is 3.69. The summed E-state index contributed by atoms with van der Waals surface area (Å²) >= 11 is 0. The predicted molar refractivity (Wildman–Crippen MR) is 99.1 cm³/mol. The van der Waals surface area contributed by atoms with E-state index in [-0.39, 0.29) is 28.6 Å². The molecule has 0 bridgehead atoms. The molecule has 0 unspecified atom stereocenters. The number of aromatic amines is 1. The number of fused-ring (bicyclic) bond motifs is 2. The number of nitrogens with zero attached hydrogens (tertiary/aromatic N) is 2. The molecule has 0 saturated carbocycles. The van der Waals surface area contributed by atoms with Gasteiger partial charge in [-0.1, -0.05) is 38.1 Å². The first-order valence-corrected chi connectivity index (χ1v) is 8.69. The Hall–Kier alpha value is -3.02. The summed E-state index contributed by atoms with van der Waals surface area (Å²) in [5, 5.41) is 3.44. The summed E-state index contributed by atoms with van der Waals surface area (Å²) in [6.07, 6.45) is 4.64. The highest BCUT2D eigenvalue weighted by Gasteiger charge is 2.33. The van der Waals surface area contributed by atoms with Crippen molar-refractivity contribution in [2.75, 3.05) is 0 Å². The van der Waals surface area contributed by atoms with E-state index in [9.17, 15) is 9.59 Å². The molecule has 0 radical (unpaired) electrons. The van der Waals surface area contributed by atoms with Gasteiger partial charge >= 0.3 is 0 Å². The molecule has 2 heterocycles. The first-order chi connectivity index (χ1) is 12.5. The largest absolute Gasteiger partial charge is 0.344 e. The zero-order valence-electron chi connectivity index (χ0n) is 14.7. The van der Waals surface area contributed by atoms with Gasteiger partial charge in [0, 0.05) is 0 Å². The average Bonchev–Trinajstić information content (AvgIpc) is 2.64. The van der Waals surface area contributed by atoms with E-state index in [0.717, 1.165) is 18.4 Å². The van der Waals surface area contributed by atoms with E-state index in [1.807, 2.05) is 12.1 Å². The normalized spacial score (nSPS) is 18.3. The van der Waals surface area contributed by atoms with Gasteiger partial charge in [-0.3, -0.25) is 9.59 Å². The third-order valence-electron chi connectivity index (χ3n) is 5.19. The van der Waals surface area contributed by atoms with E-state index in [1.165, 1.54) is 24.2 Å². The Bertz CT molecular complexity index is 1050. The molecule has 0 saturated heterocycles. The van der Waals surface area contributed by atoms with Crippen molar-refractivity contribution in [3.8, 4) is 0 Å². The maximum atomic E-state index is 12.7. The Morgan fingerprint density at radius 2 is 2.08 bits per heavy atom. The number of hydrogen-bond acceptors (Lipinski definition) is 4. The monoisotopic (exact) mass is 348 g/mol. The second-order valence-electron chi connectivity index (χ2n) is 7.35. The zero-order valence-corrected chi connectivity index (χ0v) is 14.7. The molecule has 0 fully saturated rings. The van der Waals surface area contributed by atoms with E-state index >= 15 is 0 Å². The summed E-state index contributed by atoms with van der Waals surface area (Å²) in [5.74, 6) is -0.283.